The van der Waals surface area contributed by atoms with Gasteiger partial charge in [0, 0.05) is 0 Å². The van der Waals surface area contributed by atoms with E-state index in [9.17, 15) is 13.2 Å². The molecule has 0 radical (unpaired) electrons. The van der Waals surface area contributed by atoms with Crippen molar-refractivity contribution >= 4 is 37.6 Å². The molecule has 0 aliphatic heterocycles. The predicted octanol–water partition coefficient (Wildman–Crippen LogP) is 1.06. The molecule has 8 heteroatoms. The van der Waals surface area contributed by atoms with E-state index in [1.807, 2.05) is 0 Å². The summed E-state index contributed by atoms with van der Waals surface area (Å²) in [6, 6.07) is 3.02. The second kappa shape index (κ2) is 4.79. The molecule has 0 saturated heterocycles. The van der Waals surface area contributed by atoms with Gasteiger partial charge in [0.25, 0.3) is 0 Å². The number of carboxylic acids is 1. The van der Waals surface area contributed by atoms with Gasteiger partial charge in [0.1, 0.15) is 4.60 Å². The van der Waals surface area contributed by atoms with Crippen molar-refractivity contribution in [1.82, 2.24) is 4.98 Å². The van der Waals surface area contributed by atoms with E-state index in [0.717, 1.165) is 6.92 Å². The van der Waals surface area contributed by atoms with E-state index in [-0.39, 0.29) is 5.69 Å². The first-order chi connectivity index (χ1) is 7.33. The van der Waals surface area contributed by atoms with E-state index in [1.54, 1.807) is 6.07 Å². The van der Waals surface area contributed by atoms with Gasteiger partial charge in [-0.1, -0.05) is 0 Å². The number of rotatable bonds is 4. The van der Waals surface area contributed by atoms with Gasteiger partial charge >= 0.3 is 5.97 Å². The Labute approximate surface area is 101 Å². The fraction of sp³-hybridized carbons (Fsp3) is 0.250. The van der Waals surface area contributed by atoms with Gasteiger partial charge in [0.15, 0.2) is 5.25 Å². The molecule has 16 heavy (non-hydrogen) atoms. The van der Waals surface area contributed by atoms with Crippen LogP contribution in [-0.2, 0) is 14.8 Å². The summed E-state index contributed by atoms with van der Waals surface area (Å²) in [6.07, 6.45) is 1.29. The third-order valence-electron chi connectivity index (χ3n) is 1.80. The molecule has 6 nitrogen and oxygen atoms in total. The molecular formula is C8H9BrN2O4S. The Morgan fingerprint density at radius 1 is 1.56 bits per heavy atom. The summed E-state index contributed by atoms with van der Waals surface area (Å²) < 4.78 is 25.7. The van der Waals surface area contributed by atoms with Crippen molar-refractivity contribution in [3.8, 4) is 0 Å². The number of anilines is 1. The van der Waals surface area contributed by atoms with Crippen LogP contribution >= 0.6 is 15.9 Å². The number of nitrogens with zero attached hydrogens (tertiary/aromatic N) is 1. The summed E-state index contributed by atoms with van der Waals surface area (Å²) in [6.45, 7) is 1.09. The maximum atomic E-state index is 11.5. The van der Waals surface area contributed by atoms with E-state index in [1.165, 1.54) is 12.3 Å². The lowest BCUT2D eigenvalue weighted by Crippen LogP contribution is -2.32. The van der Waals surface area contributed by atoms with Gasteiger partial charge < -0.3 is 5.11 Å². The highest BCUT2D eigenvalue weighted by Crippen LogP contribution is 2.13. The quantitative estimate of drug-likeness (QED) is 0.811. The van der Waals surface area contributed by atoms with Gasteiger partial charge in [0.2, 0.25) is 10.0 Å². The zero-order valence-corrected chi connectivity index (χ0v) is 10.6. The van der Waals surface area contributed by atoms with Crippen LogP contribution in [-0.4, -0.2) is 29.7 Å². The molecule has 0 amide bonds. The number of aliphatic carboxylic acids is 1. The number of carboxylic acid groups (broad SMARTS) is 1. The standard InChI is InChI=1S/C8H9BrN2O4S/c1-5(8(12)13)16(14,15)11-6-2-3-7(9)10-4-6/h2-5,11H,1H3,(H,12,13). The molecule has 0 spiro atoms. The van der Waals surface area contributed by atoms with Crippen molar-refractivity contribution in [1.29, 1.82) is 0 Å². The monoisotopic (exact) mass is 308 g/mol. The molecule has 1 aromatic heterocycles. The fourth-order valence-corrected chi connectivity index (χ4v) is 1.95. The topological polar surface area (TPSA) is 96.4 Å². The smallest absolute Gasteiger partial charge is 0.323 e. The Hall–Kier alpha value is -1.15. The molecule has 1 heterocycles. The Kier molecular flexibility index (Phi) is 3.87. The summed E-state index contributed by atoms with van der Waals surface area (Å²) in [5.41, 5.74) is 0.219. The van der Waals surface area contributed by atoms with Crippen molar-refractivity contribution in [3.05, 3.63) is 22.9 Å². The molecule has 0 bridgehead atoms. The van der Waals surface area contributed by atoms with Crippen LogP contribution in [0.25, 0.3) is 0 Å². The van der Waals surface area contributed by atoms with E-state index in [2.05, 4.69) is 25.6 Å². The predicted molar refractivity (Wildman–Crippen MR) is 61.6 cm³/mol. The first kappa shape index (κ1) is 12.9. The molecule has 2 N–H and O–H groups in total. The largest absolute Gasteiger partial charge is 0.480 e. The van der Waals surface area contributed by atoms with Gasteiger partial charge in [-0.3, -0.25) is 9.52 Å². The van der Waals surface area contributed by atoms with Crippen molar-refractivity contribution < 1.29 is 18.3 Å². The van der Waals surface area contributed by atoms with Crippen LogP contribution in [0.5, 0.6) is 0 Å². The first-order valence-corrected chi connectivity index (χ1v) is 6.53. The van der Waals surface area contributed by atoms with Crippen molar-refractivity contribution in [2.24, 2.45) is 0 Å². The summed E-state index contributed by atoms with van der Waals surface area (Å²) in [7, 11) is -3.93. The molecular weight excluding hydrogens is 300 g/mol. The Morgan fingerprint density at radius 2 is 2.19 bits per heavy atom. The van der Waals surface area contributed by atoms with Crippen LogP contribution in [0.3, 0.4) is 0 Å². The summed E-state index contributed by atoms with van der Waals surface area (Å²) in [4.78, 5) is 14.4. The average molecular weight is 309 g/mol. The van der Waals surface area contributed by atoms with E-state index < -0.39 is 21.2 Å². The lowest BCUT2D eigenvalue weighted by atomic mass is 10.4. The van der Waals surface area contributed by atoms with Crippen LogP contribution in [0.15, 0.2) is 22.9 Å². The van der Waals surface area contributed by atoms with Gasteiger partial charge in [0.05, 0.1) is 11.9 Å². The maximum absolute atomic E-state index is 11.5. The molecule has 1 rings (SSSR count). The lowest BCUT2D eigenvalue weighted by molar-refractivity contribution is -0.136. The number of carbonyl (C=O) groups is 1. The number of halogens is 1. The van der Waals surface area contributed by atoms with Crippen molar-refractivity contribution in [2.45, 2.75) is 12.2 Å². The van der Waals surface area contributed by atoms with Gasteiger partial charge in [-0.05, 0) is 35.0 Å². The number of sulfonamides is 1. The molecule has 0 aliphatic carbocycles. The third kappa shape index (κ3) is 3.17. The van der Waals surface area contributed by atoms with Crippen LogP contribution in [0, 0.1) is 0 Å². The van der Waals surface area contributed by atoms with Gasteiger partial charge in [-0.2, -0.15) is 0 Å². The Bertz CT molecular complexity index is 485. The molecule has 1 aromatic rings. The first-order valence-electron chi connectivity index (χ1n) is 4.19. The van der Waals surface area contributed by atoms with Crippen LogP contribution < -0.4 is 4.72 Å². The number of hydrogen-bond acceptors (Lipinski definition) is 4. The Morgan fingerprint density at radius 3 is 2.62 bits per heavy atom. The normalized spacial score (nSPS) is 13.1. The zero-order chi connectivity index (χ0) is 12.3. The minimum Gasteiger partial charge on any atom is -0.480 e. The summed E-state index contributed by atoms with van der Waals surface area (Å²) in [5.74, 6) is -1.41. The molecule has 0 fully saturated rings. The van der Waals surface area contributed by atoms with Crippen molar-refractivity contribution in [2.75, 3.05) is 4.72 Å². The van der Waals surface area contributed by atoms with Crippen LogP contribution in [0.1, 0.15) is 6.92 Å². The van der Waals surface area contributed by atoms with Gasteiger partial charge in [-0.25, -0.2) is 13.4 Å². The average Bonchev–Trinajstić information content (AvgIpc) is 2.20. The minimum atomic E-state index is -3.93. The number of nitrogens with one attached hydrogen (secondary N) is 1. The third-order valence-corrected chi connectivity index (χ3v) is 3.92. The molecule has 0 aromatic carbocycles. The number of aromatic nitrogens is 1. The minimum absolute atomic E-state index is 0.219. The van der Waals surface area contributed by atoms with Crippen LogP contribution in [0.4, 0.5) is 5.69 Å². The molecule has 0 saturated carbocycles. The molecule has 1 unspecified atom stereocenters. The highest BCUT2D eigenvalue weighted by molar-refractivity contribution is 9.10. The molecule has 0 aliphatic rings. The van der Waals surface area contributed by atoms with Gasteiger partial charge in [-0.15, -0.1) is 0 Å². The number of pyridine rings is 1. The SMILES string of the molecule is CC(C(=O)O)S(=O)(=O)Nc1ccc(Br)nc1. The second-order valence-corrected chi connectivity index (χ2v) is 5.81. The van der Waals surface area contributed by atoms with Crippen molar-refractivity contribution in [3.63, 3.8) is 0 Å². The van der Waals surface area contributed by atoms with E-state index in [0.29, 0.717) is 4.60 Å². The fourth-order valence-electron chi connectivity index (χ4n) is 0.822. The lowest BCUT2D eigenvalue weighted by Gasteiger charge is -2.10. The highest BCUT2D eigenvalue weighted by atomic mass is 79.9. The summed E-state index contributed by atoms with van der Waals surface area (Å²) in [5, 5.41) is 7.08. The van der Waals surface area contributed by atoms with E-state index >= 15 is 0 Å². The zero-order valence-electron chi connectivity index (χ0n) is 8.21. The maximum Gasteiger partial charge on any atom is 0.323 e. The van der Waals surface area contributed by atoms with E-state index in [4.69, 9.17) is 5.11 Å². The second-order valence-electron chi connectivity index (χ2n) is 3.00. The molecule has 88 valence electrons. The molecule has 1 atom stereocenters. The highest BCUT2D eigenvalue weighted by Gasteiger charge is 2.27. The Balaban J connectivity index is 2.89. The van der Waals surface area contributed by atoms with Crippen LogP contribution in [0.2, 0.25) is 0 Å². The summed E-state index contributed by atoms with van der Waals surface area (Å²) >= 11 is 3.09. The number of hydrogen-bond donors (Lipinski definition) is 2.